The maximum absolute atomic E-state index is 14.0. The van der Waals surface area contributed by atoms with E-state index in [0.29, 0.717) is 23.4 Å². The van der Waals surface area contributed by atoms with Crippen LogP contribution in [0.2, 0.25) is 0 Å². The van der Waals surface area contributed by atoms with Crippen LogP contribution < -0.4 is 20.7 Å². The quantitative estimate of drug-likeness (QED) is 0.357. The van der Waals surface area contributed by atoms with E-state index < -0.39 is 29.3 Å². The number of carbonyl (C=O) groups is 1. The number of aromatic nitrogens is 3. The van der Waals surface area contributed by atoms with E-state index >= 15 is 0 Å². The first kappa shape index (κ1) is 25.1. The van der Waals surface area contributed by atoms with Gasteiger partial charge in [0.25, 0.3) is 5.56 Å². The minimum absolute atomic E-state index is 0.167. The summed E-state index contributed by atoms with van der Waals surface area (Å²) in [6, 6.07) is 7.20. The van der Waals surface area contributed by atoms with E-state index in [9.17, 15) is 19.5 Å². The van der Waals surface area contributed by atoms with Crippen molar-refractivity contribution in [2.45, 2.75) is 52.1 Å². The van der Waals surface area contributed by atoms with Gasteiger partial charge in [-0.1, -0.05) is 31.9 Å². The van der Waals surface area contributed by atoms with E-state index in [-0.39, 0.29) is 11.8 Å². The van der Waals surface area contributed by atoms with Gasteiger partial charge in [-0.3, -0.25) is 9.36 Å². The Morgan fingerprint density at radius 2 is 1.81 bits per heavy atom. The van der Waals surface area contributed by atoms with Gasteiger partial charge in [0.2, 0.25) is 0 Å². The van der Waals surface area contributed by atoms with E-state index in [1.165, 1.54) is 24.9 Å². The highest BCUT2D eigenvalue weighted by Crippen LogP contribution is 2.34. The van der Waals surface area contributed by atoms with Crippen molar-refractivity contribution in [1.29, 1.82) is 0 Å². The molecule has 1 unspecified atom stereocenters. The molecule has 0 amide bonds. The molecule has 0 aliphatic rings. The second-order valence-corrected chi connectivity index (χ2v) is 8.97. The molecule has 4 rings (SSSR count). The Labute approximate surface area is 207 Å². The molecule has 0 aliphatic carbocycles. The number of methoxy groups -OCH3 is 2. The van der Waals surface area contributed by atoms with Crippen molar-refractivity contribution < 1.29 is 19.4 Å². The van der Waals surface area contributed by atoms with Gasteiger partial charge in [-0.2, -0.15) is 0 Å². The SMILES string of the molecule is CCCC[C@@H](C(=O)O)n1c(=O)c2cc(OC)c(OC)cc2n(C(C)c2c[nH]c3cccc(C)c23)c1=O. The first-order valence-electron chi connectivity index (χ1n) is 12.0. The van der Waals surface area contributed by atoms with E-state index in [2.05, 4.69) is 4.98 Å². The summed E-state index contributed by atoms with van der Waals surface area (Å²) in [5, 5.41) is 11.1. The van der Waals surface area contributed by atoms with Crippen LogP contribution in [0.15, 0.2) is 46.1 Å². The summed E-state index contributed by atoms with van der Waals surface area (Å²) in [6.07, 6.45) is 3.31. The number of fused-ring (bicyclic) bond motifs is 2. The Morgan fingerprint density at radius 3 is 2.44 bits per heavy atom. The van der Waals surface area contributed by atoms with Crippen molar-refractivity contribution in [1.82, 2.24) is 14.1 Å². The molecule has 36 heavy (non-hydrogen) atoms. The Kier molecular flexibility index (Phi) is 6.92. The molecule has 9 nitrogen and oxygen atoms in total. The van der Waals surface area contributed by atoms with Gasteiger partial charge in [0.05, 0.1) is 31.2 Å². The second-order valence-electron chi connectivity index (χ2n) is 8.97. The zero-order chi connectivity index (χ0) is 26.1. The standard InChI is InChI=1S/C27H31N3O6/c1-6-7-11-20(26(32)33)30-25(31)17-12-22(35-4)23(36-5)13-21(17)29(27(30)34)16(3)18-14-28-19-10-8-9-15(2)24(18)19/h8-10,12-14,16,20,28H,6-7,11H2,1-5H3,(H,32,33)/t16?,20-/m0/s1. The number of aryl methyl sites for hydroxylation is 1. The Morgan fingerprint density at radius 1 is 1.11 bits per heavy atom. The second kappa shape index (κ2) is 9.93. The molecule has 9 heteroatoms. The van der Waals surface area contributed by atoms with E-state index in [1.807, 2.05) is 45.2 Å². The third-order valence-corrected chi connectivity index (χ3v) is 6.83. The molecule has 0 spiro atoms. The number of aromatic amines is 1. The summed E-state index contributed by atoms with van der Waals surface area (Å²) in [6.45, 7) is 5.79. The highest BCUT2D eigenvalue weighted by Gasteiger charge is 2.29. The van der Waals surface area contributed by atoms with E-state index in [0.717, 1.165) is 33.0 Å². The fraction of sp³-hybridized carbons (Fsp3) is 0.370. The molecule has 2 aromatic heterocycles. The third-order valence-electron chi connectivity index (χ3n) is 6.83. The van der Waals surface area contributed by atoms with Crippen LogP contribution in [0.1, 0.15) is 56.3 Å². The first-order chi connectivity index (χ1) is 17.2. The largest absolute Gasteiger partial charge is 0.493 e. The highest BCUT2D eigenvalue weighted by atomic mass is 16.5. The van der Waals surface area contributed by atoms with Crippen molar-refractivity contribution in [2.24, 2.45) is 0 Å². The molecule has 2 aromatic carbocycles. The number of nitrogens with one attached hydrogen (secondary N) is 1. The van der Waals surface area contributed by atoms with Crippen molar-refractivity contribution >= 4 is 27.8 Å². The Balaban J connectivity index is 2.12. The molecule has 0 radical (unpaired) electrons. The molecular weight excluding hydrogens is 462 g/mol. The smallest absolute Gasteiger partial charge is 0.332 e. The fourth-order valence-electron chi connectivity index (χ4n) is 4.95. The van der Waals surface area contributed by atoms with E-state index in [1.54, 1.807) is 6.07 Å². The summed E-state index contributed by atoms with van der Waals surface area (Å²) in [7, 11) is 2.93. The number of carboxylic acid groups (broad SMARTS) is 1. The minimum Gasteiger partial charge on any atom is -0.493 e. The topological polar surface area (TPSA) is 116 Å². The number of H-pyrrole nitrogens is 1. The summed E-state index contributed by atoms with van der Waals surface area (Å²) < 4.78 is 13.2. The van der Waals surface area contributed by atoms with Crippen LogP contribution in [-0.2, 0) is 4.79 Å². The normalized spacial score (nSPS) is 13.1. The number of unbranched alkanes of at least 4 members (excludes halogenated alkanes) is 1. The summed E-state index contributed by atoms with van der Waals surface area (Å²) in [5.41, 5.74) is 1.80. The molecule has 2 heterocycles. The lowest BCUT2D eigenvalue weighted by molar-refractivity contribution is -0.141. The van der Waals surface area contributed by atoms with Crippen LogP contribution in [0, 0.1) is 6.92 Å². The van der Waals surface area contributed by atoms with Crippen molar-refractivity contribution in [3.63, 3.8) is 0 Å². The van der Waals surface area contributed by atoms with Gasteiger partial charge in [0, 0.05) is 28.7 Å². The monoisotopic (exact) mass is 493 g/mol. The van der Waals surface area contributed by atoms with E-state index in [4.69, 9.17) is 9.47 Å². The number of rotatable bonds is 9. The summed E-state index contributed by atoms with van der Waals surface area (Å²) >= 11 is 0. The highest BCUT2D eigenvalue weighted by molar-refractivity contribution is 5.88. The Hall–Kier alpha value is -4.01. The molecule has 2 atom stereocenters. The number of nitrogens with zero attached hydrogens (tertiary/aromatic N) is 2. The lowest BCUT2D eigenvalue weighted by atomic mass is 10.0. The lowest BCUT2D eigenvalue weighted by Gasteiger charge is -2.23. The molecule has 4 aromatic rings. The number of hydrogen-bond donors (Lipinski definition) is 2. The summed E-state index contributed by atoms with van der Waals surface area (Å²) in [5.74, 6) is -0.544. The third kappa shape index (κ3) is 4.04. The number of benzene rings is 2. The van der Waals surface area contributed by atoms with Crippen molar-refractivity contribution in [2.75, 3.05) is 14.2 Å². The predicted molar refractivity (Wildman–Crippen MR) is 139 cm³/mol. The van der Waals surface area contributed by atoms with Crippen LogP contribution in [0.4, 0.5) is 0 Å². The van der Waals surface area contributed by atoms with Gasteiger partial charge in [0.15, 0.2) is 11.5 Å². The first-order valence-corrected chi connectivity index (χ1v) is 12.0. The lowest BCUT2D eigenvalue weighted by Crippen LogP contribution is -2.45. The summed E-state index contributed by atoms with van der Waals surface area (Å²) in [4.78, 5) is 43.1. The maximum atomic E-state index is 14.0. The molecule has 0 fully saturated rings. The van der Waals surface area contributed by atoms with Gasteiger partial charge >= 0.3 is 11.7 Å². The van der Waals surface area contributed by atoms with Gasteiger partial charge in [0.1, 0.15) is 6.04 Å². The van der Waals surface area contributed by atoms with Crippen LogP contribution >= 0.6 is 0 Å². The molecular formula is C27H31N3O6. The van der Waals surface area contributed by atoms with Crippen molar-refractivity contribution in [3.05, 3.63) is 68.5 Å². The van der Waals surface area contributed by atoms with Gasteiger partial charge in [-0.25, -0.2) is 14.2 Å². The van der Waals surface area contributed by atoms with Crippen LogP contribution in [0.5, 0.6) is 11.5 Å². The zero-order valence-corrected chi connectivity index (χ0v) is 21.1. The van der Waals surface area contributed by atoms with Gasteiger partial charge in [-0.15, -0.1) is 0 Å². The molecule has 190 valence electrons. The molecule has 0 saturated heterocycles. The maximum Gasteiger partial charge on any atom is 0.332 e. The molecule has 0 aliphatic heterocycles. The Bertz CT molecular complexity index is 1560. The van der Waals surface area contributed by atoms with Crippen LogP contribution in [0.25, 0.3) is 21.8 Å². The fourth-order valence-corrected chi connectivity index (χ4v) is 4.95. The molecule has 0 saturated carbocycles. The average Bonchev–Trinajstić information content (AvgIpc) is 3.30. The minimum atomic E-state index is -1.29. The number of hydrogen-bond acceptors (Lipinski definition) is 5. The van der Waals surface area contributed by atoms with Crippen LogP contribution in [-0.4, -0.2) is 39.4 Å². The number of aliphatic carboxylic acids is 1. The average molecular weight is 494 g/mol. The van der Waals surface area contributed by atoms with Gasteiger partial charge in [-0.05, 0) is 38.0 Å². The molecule has 2 N–H and O–H groups in total. The molecule has 0 bridgehead atoms. The number of carboxylic acids is 1. The van der Waals surface area contributed by atoms with Crippen LogP contribution in [0.3, 0.4) is 0 Å². The number of ether oxygens (including phenoxy) is 2. The zero-order valence-electron chi connectivity index (χ0n) is 21.1. The predicted octanol–water partition coefficient (Wildman–Crippen LogP) is 4.40. The van der Waals surface area contributed by atoms with Crippen molar-refractivity contribution in [3.8, 4) is 11.5 Å². The van der Waals surface area contributed by atoms with Gasteiger partial charge < -0.3 is 19.6 Å².